The Morgan fingerprint density at radius 3 is 2.33 bits per heavy atom. The molecule has 0 unspecified atom stereocenters. The van der Waals surface area contributed by atoms with Gasteiger partial charge in [-0.2, -0.15) is 0 Å². The molecule has 2 rings (SSSR count). The summed E-state index contributed by atoms with van der Waals surface area (Å²) < 4.78 is 11.7. The Hall–Kier alpha value is -2.27. The van der Waals surface area contributed by atoms with Gasteiger partial charge >= 0.3 is 0 Å². The molecular weight excluding hydrogens is 370 g/mol. The number of ether oxygens (including phenoxy) is 2. The first-order valence-corrected chi connectivity index (χ1v) is 8.31. The van der Waals surface area contributed by atoms with E-state index in [9.17, 15) is 4.79 Å². The topological polar surface area (TPSA) is 38.8 Å². The quantitative estimate of drug-likeness (QED) is 0.639. The lowest BCUT2D eigenvalue weighted by Crippen LogP contribution is -2.34. The molecule has 0 atom stereocenters. The number of halogens is 1. The Morgan fingerprint density at radius 1 is 1.12 bits per heavy atom. The summed E-state index contributed by atoms with van der Waals surface area (Å²) in [5.74, 6) is 1.36. The lowest BCUT2D eigenvalue weighted by atomic mass is 10.2. The Morgan fingerprint density at radius 2 is 1.75 bits per heavy atom. The van der Waals surface area contributed by atoms with E-state index in [1.807, 2.05) is 48.5 Å². The number of methoxy groups -OCH3 is 1. The van der Waals surface area contributed by atoms with Gasteiger partial charge in [0, 0.05) is 17.6 Å². The average Bonchev–Trinajstić information content (AvgIpc) is 2.61. The molecule has 0 saturated carbocycles. The van der Waals surface area contributed by atoms with Crippen molar-refractivity contribution in [2.75, 3.05) is 20.3 Å². The van der Waals surface area contributed by atoms with Crippen LogP contribution in [0.25, 0.3) is 0 Å². The zero-order chi connectivity index (χ0) is 17.4. The van der Waals surface area contributed by atoms with Gasteiger partial charge in [-0.05, 0) is 42.0 Å². The van der Waals surface area contributed by atoms with Gasteiger partial charge in [0.25, 0.3) is 5.91 Å². The Kier molecular flexibility index (Phi) is 6.88. The molecule has 4 nitrogen and oxygen atoms in total. The van der Waals surface area contributed by atoms with Crippen molar-refractivity contribution in [2.24, 2.45) is 0 Å². The van der Waals surface area contributed by atoms with E-state index in [4.69, 9.17) is 9.47 Å². The normalized spacial score (nSPS) is 10.1. The molecule has 0 heterocycles. The second-order valence-electron chi connectivity index (χ2n) is 5.15. The second-order valence-corrected chi connectivity index (χ2v) is 6.07. The van der Waals surface area contributed by atoms with E-state index in [1.54, 1.807) is 18.1 Å². The molecule has 0 aliphatic rings. The Bertz CT molecular complexity index is 668. The van der Waals surface area contributed by atoms with Gasteiger partial charge in [0.05, 0.1) is 7.11 Å². The summed E-state index contributed by atoms with van der Waals surface area (Å²) in [4.78, 5) is 14.1. The van der Waals surface area contributed by atoms with Crippen LogP contribution in [0, 0.1) is 0 Å². The SMILES string of the molecule is C=CCN(Cc1ccc(OC)cc1)C(=O)COc1ccc(Br)cc1. The third-order valence-corrected chi connectivity index (χ3v) is 3.94. The number of carbonyl (C=O) groups is 1. The summed E-state index contributed by atoms with van der Waals surface area (Å²) in [5, 5.41) is 0. The van der Waals surface area contributed by atoms with Crippen molar-refractivity contribution in [1.29, 1.82) is 0 Å². The molecule has 0 aliphatic carbocycles. The molecule has 24 heavy (non-hydrogen) atoms. The Balaban J connectivity index is 1.95. The molecule has 2 aromatic rings. The van der Waals surface area contributed by atoms with E-state index in [2.05, 4.69) is 22.5 Å². The van der Waals surface area contributed by atoms with Crippen LogP contribution in [0.4, 0.5) is 0 Å². The maximum absolute atomic E-state index is 12.4. The van der Waals surface area contributed by atoms with Crippen molar-refractivity contribution in [3.05, 3.63) is 71.2 Å². The molecule has 0 radical (unpaired) electrons. The summed E-state index contributed by atoms with van der Waals surface area (Å²) in [7, 11) is 1.63. The molecule has 0 N–H and O–H groups in total. The minimum atomic E-state index is -0.0892. The molecule has 0 aromatic heterocycles. The molecule has 0 aliphatic heterocycles. The predicted molar refractivity (Wildman–Crippen MR) is 98.2 cm³/mol. The number of rotatable bonds is 8. The molecule has 0 spiro atoms. The highest BCUT2D eigenvalue weighted by atomic mass is 79.9. The summed E-state index contributed by atoms with van der Waals surface area (Å²) in [5.41, 5.74) is 1.02. The monoisotopic (exact) mass is 389 g/mol. The average molecular weight is 390 g/mol. The smallest absolute Gasteiger partial charge is 0.261 e. The van der Waals surface area contributed by atoms with Crippen LogP contribution in [-0.2, 0) is 11.3 Å². The number of hydrogen-bond donors (Lipinski definition) is 0. The minimum Gasteiger partial charge on any atom is -0.497 e. The van der Waals surface area contributed by atoms with Crippen LogP contribution in [0.3, 0.4) is 0 Å². The number of hydrogen-bond acceptors (Lipinski definition) is 3. The number of carbonyl (C=O) groups excluding carboxylic acids is 1. The maximum atomic E-state index is 12.4. The van der Waals surface area contributed by atoms with E-state index in [-0.39, 0.29) is 12.5 Å². The molecular formula is C19H20BrNO3. The maximum Gasteiger partial charge on any atom is 0.261 e. The first-order chi connectivity index (χ1) is 11.6. The van der Waals surface area contributed by atoms with Crippen molar-refractivity contribution in [2.45, 2.75) is 6.54 Å². The van der Waals surface area contributed by atoms with E-state index in [0.717, 1.165) is 15.8 Å². The molecule has 126 valence electrons. The van der Waals surface area contributed by atoms with Crippen LogP contribution in [0.1, 0.15) is 5.56 Å². The minimum absolute atomic E-state index is 0.00831. The van der Waals surface area contributed by atoms with Crippen LogP contribution < -0.4 is 9.47 Å². The molecule has 0 bridgehead atoms. The van der Waals surface area contributed by atoms with Gasteiger partial charge in [0.1, 0.15) is 11.5 Å². The summed E-state index contributed by atoms with van der Waals surface area (Å²) >= 11 is 3.37. The predicted octanol–water partition coefficient (Wildman–Crippen LogP) is 4.05. The fourth-order valence-corrected chi connectivity index (χ4v) is 2.39. The van der Waals surface area contributed by atoms with Crippen molar-refractivity contribution < 1.29 is 14.3 Å². The van der Waals surface area contributed by atoms with E-state index < -0.39 is 0 Å². The lowest BCUT2D eigenvalue weighted by molar-refractivity contribution is -0.133. The molecule has 1 amide bonds. The van der Waals surface area contributed by atoms with Gasteiger partial charge in [-0.1, -0.05) is 34.1 Å². The summed E-state index contributed by atoms with van der Waals surface area (Å²) in [6.45, 7) is 4.68. The van der Waals surface area contributed by atoms with Gasteiger partial charge in [0.2, 0.25) is 0 Å². The van der Waals surface area contributed by atoms with Crippen LogP contribution in [0.2, 0.25) is 0 Å². The third kappa shape index (κ3) is 5.42. The fourth-order valence-electron chi connectivity index (χ4n) is 2.13. The van der Waals surface area contributed by atoms with Crippen molar-refractivity contribution in [1.82, 2.24) is 4.90 Å². The highest BCUT2D eigenvalue weighted by Crippen LogP contribution is 2.17. The first-order valence-electron chi connectivity index (χ1n) is 7.52. The second kappa shape index (κ2) is 9.13. The standard InChI is InChI=1S/C19H20BrNO3/c1-3-12-21(13-15-4-8-17(23-2)9-5-15)19(22)14-24-18-10-6-16(20)7-11-18/h3-11H,1,12-14H2,2H3. The molecule has 0 fully saturated rings. The van der Waals surface area contributed by atoms with Crippen LogP contribution in [0.5, 0.6) is 11.5 Å². The van der Waals surface area contributed by atoms with Crippen molar-refractivity contribution in [3.63, 3.8) is 0 Å². The highest BCUT2D eigenvalue weighted by molar-refractivity contribution is 9.10. The highest BCUT2D eigenvalue weighted by Gasteiger charge is 2.13. The van der Waals surface area contributed by atoms with Gasteiger partial charge in [-0.25, -0.2) is 0 Å². The molecule has 2 aromatic carbocycles. The number of amides is 1. The lowest BCUT2D eigenvalue weighted by Gasteiger charge is -2.21. The van der Waals surface area contributed by atoms with E-state index in [1.165, 1.54) is 0 Å². The van der Waals surface area contributed by atoms with Crippen molar-refractivity contribution in [3.8, 4) is 11.5 Å². The summed E-state index contributed by atoms with van der Waals surface area (Å²) in [6, 6.07) is 15.0. The Labute approximate surface area is 150 Å². The van der Waals surface area contributed by atoms with Gasteiger partial charge in [-0.3, -0.25) is 4.79 Å². The fraction of sp³-hybridized carbons (Fsp3) is 0.211. The summed E-state index contributed by atoms with van der Waals surface area (Å²) in [6.07, 6.45) is 1.71. The zero-order valence-corrected chi connectivity index (χ0v) is 15.2. The van der Waals surface area contributed by atoms with Crippen LogP contribution >= 0.6 is 15.9 Å². The number of nitrogens with zero attached hydrogens (tertiary/aromatic N) is 1. The van der Waals surface area contributed by atoms with Crippen molar-refractivity contribution >= 4 is 21.8 Å². The van der Waals surface area contributed by atoms with Crippen LogP contribution in [0.15, 0.2) is 65.7 Å². The number of benzene rings is 2. The largest absolute Gasteiger partial charge is 0.497 e. The first kappa shape index (κ1) is 18.1. The molecule has 5 heteroatoms. The van der Waals surface area contributed by atoms with Gasteiger partial charge < -0.3 is 14.4 Å². The molecule has 0 saturated heterocycles. The third-order valence-electron chi connectivity index (χ3n) is 3.41. The zero-order valence-electron chi connectivity index (χ0n) is 13.6. The van der Waals surface area contributed by atoms with E-state index >= 15 is 0 Å². The van der Waals surface area contributed by atoms with Crippen LogP contribution in [-0.4, -0.2) is 31.1 Å². The van der Waals surface area contributed by atoms with E-state index in [0.29, 0.717) is 18.8 Å². The van der Waals surface area contributed by atoms with Gasteiger partial charge in [0.15, 0.2) is 6.61 Å². The van der Waals surface area contributed by atoms with Gasteiger partial charge in [-0.15, -0.1) is 6.58 Å².